The van der Waals surface area contributed by atoms with Crippen LogP contribution in [0.2, 0.25) is 0 Å². The lowest BCUT2D eigenvalue weighted by Gasteiger charge is -2.36. The molecule has 2 aromatic heterocycles. The first kappa shape index (κ1) is 21.4. The summed E-state index contributed by atoms with van der Waals surface area (Å²) in [5.41, 5.74) is 0. The minimum absolute atomic E-state index is 0.113. The Labute approximate surface area is 173 Å². The fourth-order valence-corrected chi connectivity index (χ4v) is 5.55. The van der Waals surface area contributed by atoms with Crippen molar-refractivity contribution in [2.24, 2.45) is 0 Å². The predicted octanol–water partition coefficient (Wildman–Crippen LogP) is 2.31. The number of aromatic nitrogens is 3. The van der Waals surface area contributed by atoms with Crippen molar-refractivity contribution in [1.82, 2.24) is 19.3 Å². The minimum atomic E-state index is -3.57. The van der Waals surface area contributed by atoms with Gasteiger partial charge in [0.1, 0.15) is 22.4 Å². The van der Waals surface area contributed by atoms with E-state index >= 15 is 0 Å². The van der Waals surface area contributed by atoms with Crippen LogP contribution < -0.4 is 9.80 Å². The van der Waals surface area contributed by atoms with Crippen molar-refractivity contribution < 1.29 is 8.42 Å². The lowest BCUT2D eigenvalue weighted by atomic mass is 10.3. The van der Waals surface area contributed by atoms with Crippen LogP contribution in [0, 0.1) is 6.92 Å². The summed E-state index contributed by atoms with van der Waals surface area (Å²) < 4.78 is 27.5. The van der Waals surface area contributed by atoms with Crippen LogP contribution in [-0.2, 0) is 10.0 Å². The maximum Gasteiger partial charge on any atom is 0.245 e. The SMILES string of the molecule is Cc1nccc(N2CCN(c3ccc(S(=O)(=O)N(C(C)C)C(C)C)cn3)CC2)n1. The van der Waals surface area contributed by atoms with Crippen LogP contribution in [0.25, 0.3) is 0 Å². The van der Waals surface area contributed by atoms with Gasteiger partial charge < -0.3 is 9.80 Å². The van der Waals surface area contributed by atoms with Gasteiger partial charge in [0.05, 0.1) is 0 Å². The molecular weight excluding hydrogens is 388 g/mol. The Morgan fingerprint density at radius 2 is 1.48 bits per heavy atom. The first-order valence-electron chi connectivity index (χ1n) is 9.99. The van der Waals surface area contributed by atoms with Gasteiger partial charge >= 0.3 is 0 Å². The zero-order valence-corrected chi connectivity index (χ0v) is 18.6. The molecule has 0 atom stereocenters. The van der Waals surface area contributed by atoms with Crippen LogP contribution >= 0.6 is 0 Å². The summed E-state index contributed by atoms with van der Waals surface area (Å²) in [6.07, 6.45) is 3.25. The topological polar surface area (TPSA) is 82.5 Å². The molecule has 0 aliphatic carbocycles. The quantitative estimate of drug-likeness (QED) is 0.712. The number of piperazine rings is 1. The molecule has 0 aromatic carbocycles. The molecule has 1 aliphatic rings. The molecule has 3 rings (SSSR count). The lowest BCUT2D eigenvalue weighted by molar-refractivity contribution is 0.302. The van der Waals surface area contributed by atoms with Gasteiger partial charge in [-0.1, -0.05) is 0 Å². The van der Waals surface area contributed by atoms with Gasteiger partial charge in [0.2, 0.25) is 10.0 Å². The second-order valence-corrected chi connectivity index (χ2v) is 9.65. The molecule has 8 nitrogen and oxygen atoms in total. The third kappa shape index (κ3) is 4.67. The predicted molar refractivity (Wildman–Crippen MR) is 115 cm³/mol. The molecule has 0 spiro atoms. The van der Waals surface area contributed by atoms with Crippen LogP contribution in [-0.4, -0.2) is 65.9 Å². The number of sulfonamides is 1. The van der Waals surface area contributed by atoms with E-state index in [2.05, 4.69) is 24.8 Å². The number of hydrogen-bond donors (Lipinski definition) is 0. The molecule has 9 heteroatoms. The average Bonchev–Trinajstić information content (AvgIpc) is 2.67. The van der Waals surface area contributed by atoms with E-state index in [0.717, 1.165) is 43.6 Å². The molecule has 0 N–H and O–H groups in total. The van der Waals surface area contributed by atoms with Crippen LogP contribution in [0.1, 0.15) is 33.5 Å². The lowest BCUT2D eigenvalue weighted by Crippen LogP contribution is -2.47. The molecule has 3 heterocycles. The van der Waals surface area contributed by atoms with Gasteiger partial charge in [0.25, 0.3) is 0 Å². The van der Waals surface area contributed by atoms with Crippen molar-refractivity contribution in [3.05, 3.63) is 36.4 Å². The molecular formula is C20H30N6O2S. The van der Waals surface area contributed by atoms with Gasteiger partial charge in [0.15, 0.2) is 0 Å². The summed E-state index contributed by atoms with van der Waals surface area (Å²) in [6, 6.07) is 5.16. The van der Waals surface area contributed by atoms with E-state index < -0.39 is 10.0 Å². The fraction of sp³-hybridized carbons (Fsp3) is 0.550. The molecule has 0 radical (unpaired) electrons. The van der Waals surface area contributed by atoms with Crippen molar-refractivity contribution in [3.63, 3.8) is 0 Å². The van der Waals surface area contributed by atoms with E-state index in [1.54, 1.807) is 18.3 Å². The van der Waals surface area contributed by atoms with E-state index in [0.29, 0.717) is 0 Å². The van der Waals surface area contributed by atoms with E-state index in [1.165, 1.54) is 10.5 Å². The molecule has 1 saturated heterocycles. The van der Waals surface area contributed by atoms with Crippen molar-refractivity contribution >= 4 is 21.7 Å². The normalized spacial score (nSPS) is 15.6. The molecule has 29 heavy (non-hydrogen) atoms. The Morgan fingerprint density at radius 3 is 1.97 bits per heavy atom. The number of pyridine rings is 1. The number of rotatable bonds is 6. The Bertz CT molecular complexity index is 914. The third-order valence-electron chi connectivity index (χ3n) is 5.00. The summed E-state index contributed by atoms with van der Waals surface area (Å²) >= 11 is 0. The largest absolute Gasteiger partial charge is 0.353 e. The maximum absolute atomic E-state index is 13.0. The van der Waals surface area contributed by atoms with Gasteiger partial charge in [0, 0.05) is 50.7 Å². The minimum Gasteiger partial charge on any atom is -0.353 e. The molecule has 0 amide bonds. The van der Waals surface area contributed by atoms with Crippen molar-refractivity contribution in [2.45, 2.75) is 51.6 Å². The summed E-state index contributed by atoms with van der Waals surface area (Å²) in [5.74, 6) is 2.50. The van der Waals surface area contributed by atoms with Gasteiger partial charge in [-0.2, -0.15) is 4.31 Å². The van der Waals surface area contributed by atoms with E-state index in [-0.39, 0.29) is 17.0 Å². The van der Waals surface area contributed by atoms with Crippen molar-refractivity contribution in [3.8, 4) is 0 Å². The van der Waals surface area contributed by atoms with Crippen LogP contribution in [0.5, 0.6) is 0 Å². The first-order valence-corrected chi connectivity index (χ1v) is 11.4. The molecule has 0 bridgehead atoms. The van der Waals surface area contributed by atoms with Gasteiger partial charge in [-0.3, -0.25) is 0 Å². The maximum atomic E-state index is 13.0. The zero-order chi connectivity index (χ0) is 21.2. The van der Waals surface area contributed by atoms with E-state index in [9.17, 15) is 8.42 Å². The molecule has 2 aromatic rings. The fourth-order valence-electron chi connectivity index (χ4n) is 3.77. The first-order chi connectivity index (χ1) is 13.7. The number of anilines is 2. The second-order valence-electron chi connectivity index (χ2n) is 7.81. The average molecular weight is 419 g/mol. The number of nitrogens with zero attached hydrogens (tertiary/aromatic N) is 6. The number of aryl methyl sites for hydroxylation is 1. The van der Waals surface area contributed by atoms with Gasteiger partial charge in [-0.15, -0.1) is 0 Å². The Kier molecular flexibility index (Phi) is 6.38. The Hall–Kier alpha value is -2.26. The molecule has 1 fully saturated rings. The van der Waals surface area contributed by atoms with Crippen LogP contribution in [0.4, 0.5) is 11.6 Å². The second kappa shape index (κ2) is 8.62. The monoisotopic (exact) mass is 418 g/mol. The highest BCUT2D eigenvalue weighted by molar-refractivity contribution is 7.89. The summed E-state index contributed by atoms with van der Waals surface area (Å²) in [5, 5.41) is 0. The van der Waals surface area contributed by atoms with Crippen molar-refractivity contribution in [1.29, 1.82) is 0 Å². The molecule has 0 unspecified atom stereocenters. The standard InChI is InChI=1S/C20H30N6O2S/c1-15(2)26(16(3)4)29(27,28)18-6-7-19(22-14-18)24-10-12-25(13-11-24)20-8-9-21-17(5)23-20/h6-9,14-16H,10-13H2,1-5H3. The van der Waals surface area contributed by atoms with Crippen LogP contribution in [0.3, 0.4) is 0 Å². The summed E-state index contributed by atoms with van der Waals surface area (Å²) in [4.78, 5) is 17.7. The molecule has 158 valence electrons. The highest BCUT2D eigenvalue weighted by atomic mass is 32.2. The Morgan fingerprint density at radius 1 is 0.897 bits per heavy atom. The van der Waals surface area contributed by atoms with Crippen molar-refractivity contribution in [2.75, 3.05) is 36.0 Å². The molecule has 0 saturated carbocycles. The smallest absolute Gasteiger partial charge is 0.245 e. The van der Waals surface area contributed by atoms with E-state index in [1.807, 2.05) is 40.7 Å². The van der Waals surface area contributed by atoms with Gasteiger partial charge in [-0.25, -0.2) is 23.4 Å². The number of hydrogen-bond acceptors (Lipinski definition) is 7. The zero-order valence-electron chi connectivity index (χ0n) is 17.8. The molecule has 1 aliphatic heterocycles. The Balaban J connectivity index is 1.70. The van der Waals surface area contributed by atoms with Crippen LogP contribution in [0.15, 0.2) is 35.5 Å². The van der Waals surface area contributed by atoms with Gasteiger partial charge in [-0.05, 0) is 52.8 Å². The summed E-state index contributed by atoms with van der Waals surface area (Å²) in [6.45, 7) is 12.7. The van der Waals surface area contributed by atoms with E-state index in [4.69, 9.17) is 0 Å². The highest BCUT2D eigenvalue weighted by Gasteiger charge is 2.30. The third-order valence-corrected chi connectivity index (χ3v) is 7.24. The highest BCUT2D eigenvalue weighted by Crippen LogP contribution is 2.23. The summed E-state index contributed by atoms with van der Waals surface area (Å²) in [7, 11) is -3.57.